The molecule has 0 aliphatic carbocycles. The van der Waals surface area contributed by atoms with Gasteiger partial charge in [0.2, 0.25) is 0 Å². The minimum Gasteiger partial charge on any atom is -0.497 e. The first-order valence-corrected chi connectivity index (χ1v) is 7.12. The lowest BCUT2D eigenvalue weighted by Crippen LogP contribution is -2.04. The van der Waals surface area contributed by atoms with Crippen LogP contribution in [0.1, 0.15) is 21.5 Å². The molecule has 0 saturated carbocycles. The van der Waals surface area contributed by atoms with E-state index in [9.17, 15) is 4.79 Å². The highest BCUT2D eigenvalue weighted by Gasteiger charge is 2.22. The largest absolute Gasteiger partial charge is 0.497 e. The van der Waals surface area contributed by atoms with Gasteiger partial charge in [0.1, 0.15) is 11.5 Å². The van der Waals surface area contributed by atoms with Gasteiger partial charge in [0.15, 0.2) is 5.78 Å². The number of hydrogen-bond acceptors (Lipinski definition) is 3. The third-order valence-corrected chi connectivity index (χ3v) is 3.78. The average molecular weight is 333 g/mol. The van der Waals surface area contributed by atoms with Crippen molar-refractivity contribution in [3.63, 3.8) is 0 Å². The van der Waals surface area contributed by atoms with Gasteiger partial charge in [0, 0.05) is 16.5 Å². The summed E-state index contributed by atoms with van der Waals surface area (Å²) < 4.78 is 11.7. The van der Waals surface area contributed by atoms with Crippen molar-refractivity contribution in [3.05, 3.63) is 57.6 Å². The number of ketones is 1. The maximum absolute atomic E-state index is 12.7. The van der Waals surface area contributed by atoms with E-state index in [-0.39, 0.29) is 5.78 Å². The first-order valence-electron chi connectivity index (χ1n) is 6.33. The Kier molecular flexibility index (Phi) is 3.49. The van der Waals surface area contributed by atoms with E-state index in [1.54, 1.807) is 19.2 Å². The van der Waals surface area contributed by atoms with E-state index in [4.69, 9.17) is 9.47 Å². The Hall–Kier alpha value is -1.81. The Morgan fingerprint density at radius 1 is 1.30 bits per heavy atom. The number of methoxy groups -OCH3 is 1. The second kappa shape index (κ2) is 5.29. The van der Waals surface area contributed by atoms with E-state index >= 15 is 0 Å². The summed E-state index contributed by atoms with van der Waals surface area (Å²) in [6.07, 6.45) is 0.840. The highest BCUT2D eigenvalue weighted by atomic mass is 79.9. The zero-order valence-corrected chi connectivity index (χ0v) is 12.6. The second-order valence-electron chi connectivity index (χ2n) is 4.60. The van der Waals surface area contributed by atoms with Gasteiger partial charge < -0.3 is 9.47 Å². The summed E-state index contributed by atoms with van der Waals surface area (Å²) >= 11 is 3.45. The summed E-state index contributed by atoms with van der Waals surface area (Å²) in [4.78, 5) is 12.7. The Morgan fingerprint density at radius 2 is 2.15 bits per heavy atom. The van der Waals surface area contributed by atoms with Crippen molar-refractivity contribution < 1.29 is 14.3 Å². The summed E-state index contributed by atoms with van der Waals surface area (Å²) in [5, 5.41) is 0. The molecule has 0 saturated heterocycles. The standard InChI is InChI=1S/C16H13BrO3/c1-19-13-4-2-3-10(8-13)15(18)14-9-12(17)7-11-5-6-20-16(11)14/h2-4,7-9H,5-6H2,1H3. The molecule has 102 valence electrons. The zero-order valence-electron chi connectivity index (χ0n) is 11.0. The number of halogens is 1. The van der Waals surface area contributed by atoms with Crippen molar-refractivity contribution >= 4 is 21.7 Å². The predicted molar refractivity (Wildman–Crippen MR) is 79.8 cm³/mol. The molecule has 1 aliphatic rings. The number of hydrogen-bond donors (Lipinski definition) is 0. The summed E-state index contributed by atoms with van der Waals surface area (Å²) in [6.45, 7) is 0.629. The summed E-state index contributed by atoms with van der Waals surface area (Å²) in [5.74, 6) is 1.33. The lowest BCUT2D eigenvalue weighted by molar-refractivity contribution is 0.103. The molecule has 20 heavy (non-hydrogen) atoms. The van der Waals surface area contributed by atoms with E-state index < -0.39 is 0 Å². The number of fused-ring (bicyclic) bond motifs is 1. The Bertz CT molecular complexity index is 679. The van der Waals surface area contributed by atoms with Gasteiger partial charge in [-0.3, -0.25) is 4.79 Å². The van der Waals surface area contributed by atoms with E-state index in [0.717, 1.165) is 16.5 Å². The molecular formula is C16H13BrO3. The van der Waals surface area contributed by atoms with E-state index in [0.29, 0.717) is 29.2 Å². The van der Waals surface area contributed by atoms with Crippen LogP contribution in [0.25, 0.3) is 0 Å². The molecule has 2 aromatic rings. The van der Waals surface area contributed by atoms with E-state index in [2.05, 4.69) is 15.9 Å². The van der Waals surface area contributed by atoms with Crippen LogP contribution in [0.15, 0.2) is 40.9 Å². The van der Waals surface area contributed by atoms with Crippen molar-refractivity contribution in [2.75, 3.05) is 13.7 Å². The van der Waals surface area contributed by atoms with Crippen molar-refractivity contribution in [1.29, 1.82) is 0 Å². The maximum atomic E-state index is 12.7. The fourth-order valence-corrected chi connectivity index (χ4v) is 2.86. The molecular weight excluding hydrogens is 320 g/mol. The van der Waals surface area contributed by atoms with Crippen LogP contribution in [0.5, 0.6) is 11.5 Å². The molecule has 0 N–H and O–H groups in total. The second-order valence-corrected chi connectivity index (χ2v) is 5.52. The molecule has 0 spiro atoms. The molecule has 0 unspecified atom stereocenters. The fraction of sp³-hybridized carbons (Fsp3) is 0.188. The van der Waals surface area contributed by atoms with E-state index in [1.807, 2.05) is 24.3 Å². The average Bonchev–Trinajstić information content (AvgIpc) is 2.93. The lowest BCUT2D eigenvalue weighted by atomic mass is 9.99. The molecule has 0 amide bonds. The van der Waals surface area contributed by atoms with Gasteiger partial charge in [0.25, 0.3) is 0 Å². The minimum atomic E-state index is -0.0525. The number of benzene rings is 2. The fourth-order valence-electron chi connectivity index (χ4n) is 2.36. The lowest BCUT2D eigenvalue weighted by Gasteiger charge is -2.09. The van der Waals surface area contributed by atoms with Crippen molar-refractivity contribution in [2.45, 2.75) is 6.42 Å². The van der Waals surface area contributed by atoms with Crippen LogP contribution in [0.2, 0.25) is 0 Å². The first-order chi connectivity index (χ1) is 9.69. The normalized spacial score (nSPS) is 12.7. The molecule has 3 rings (SSSR count). The van der Waals surface area contributed by atoms with Crippen molar-refractivity contribution in [2.24, 2.45) is 0 Å². The topological polar surface area (TPSA) is 35.5 Å². The Labute approximate surface area is 125 Å². The molecule has 0 radical (unpaired) electrons. The molecule has 2 aromatic carbocycles. The van der Waals surface area contributed by atoms with Gasteiger partial charge in [-0.2, -0.15) is 0 Å². The quantitative estimate of drug-likeness (QED) is 0.805. The van der Waals surface area contributed by atoms with Crippen LogP contribution in [-0.4, -0.2) is 19.5 Å². The summed E-state index contributed by atoms with van der Waals surface area (Å²) in [6, 6.07) is 11.0. The number of carbonyl (C=O) groups excluding carboxylic acids is 1. The van der Waals surface area contributed by atoms with Crippen molar-refractivity contribution in [3.8, 4) is 11.5 Å². The predicted octanol–water partition coefficient (Wildman–Crippen LogP) is 3.62. The third kappa shape index (κ3) is 2.31. The molecule has 4 heteroatoms. The first kappa shape index (κ1) is 13.2. The molecule has 3 nitrogen and oxygen atoms in total. The molecule has 0 aromatic heterocycles. The van der Waals surface area contributed by atoms with Gasteiger partial charge in [0.05, 0.1) is 19.3 Å². The number of carbonyl (C=O) groups is 1. The third-order valence-electron chi connectivity index (χ3n) is 3.32. The van der Waals surface area contributed by atoms with E-state index in [1.165, 1.54) is 0 Å². The summed E-state index contributed by atoms with van der Waals surface area (Å²) in [5.41, 5.74) is 2.27. The van der Waals surface area contributed by atoms with Gasteiger partial charge >= 0.3 is 0 Å². The SMILES string of the molecule is COc1cccc(C(=O)c2cc(Br)cc3c2OCC3)c1. The zero-order chi connectivity index (χ0) is 14.1. The van der Waals surface area contributed by atoms with Crippen LogP contribution in [0.4, 0.5) is 0 Å². The monoisotopic (exact) mass is 332 g/mol. The molecule has 0 atom stereocenters. The van der Waals surface area contributed by atoms with Crippen molar-refractivity contribution in [1.82, 2.24) is 0 Å². The van der Waals surface area contributed by atoms with Crippen LogP contribution >= 0.6 is 15.9 Å². The van der Waals surface area contributed by atoms with Gasteiger partial charge in [-0.1, -0.05) is 28.1 Å². The minimum absolute atomic E-state index is 0.0525. The molecule has 1 heterocycles. The van der Waals surface area contributed by atoms with Crippen LogP contribution in [-0.2, 0) is 6.42 Å². The van der Waals surface area contributed by atoms with Crippen LogP contribution in [0, 0.1) is 0 Å². The highest BCUT2D eigenvalue weighted by molar-refractivity contribution is 9.10. The van der Waals surface area contributed by atoms with Gasteiger partial charge in [-0.15, -0.1) is 0 Å². The number of rotatable bonds is 3. The van der Waals surface area contributed by atoms with Gasteiger partial charge in [-0.05, 0) is 29.8 Å². The maximum Gasteiger partial charge on any atom is 0.196 e. The molecule has 1 aliphatic heterocycles. The van der Waals surface area contributed by atoms with Gasteiger partial charge in [-0.25, -0.2) is 0 Å². The van der Waals surface area contributed by atoms with Crippen LogP contribution < -0.4 is 9.47 Å². The smallest absolute Gasteiger partial charge is 0.196 e. The Balaban J connectivity index is 2.06. The Morgan fingerprint density at radius 3 is 2.95 bits per heavy atom. The number of ether oxygens (including phenoxy) is 2. The highest BCUT2D eigenvalue weighted by Crippen LogP contribution is 2.34. The summed E-state index contributed by atoms with van der Waals surface area (Å²) in [7, 11) is 1.59. The molecule has 0 fully saturated rings. The molecule has 0 bridgehead atoms. The van der Waals surface area contributed by atoms with Crippen LogP contribution in [0.3, 0.4) is 0 Å².